The molecule has 0 spiro atoms. The summed E-state index contributed by atoms with van der Waals surface area (Å²) >= 11 is 0. The van der Waals surface area contributed by atoms with E-state index in [1.165, 1.54) is 21.3 Å². The van der Waals surface area contributed by atoms with E-state index in [-0.39, 0.29) is 37.2 Å². The maximum Gasteiger partial charge on any atom is 0.251 e. The molecule has 1 saturated heterocycles. The lowest BCUT2D eigenvalue weighted by atomic mass is 10.1. The first-order valence-electron chi connectivity index (χ1n) is 10.1. The zero-order valence-electron chi connectivity index (χ0n) is 18.6. The number of nitrogens with zero attached hydrogens (tertiary/aromatic N) is 1. The topological polar surface area (TPSA) is 106 Å². The van der Waals surface area contributed by atoms with Crippen LogP contribution in [0.15, 0.2) is 36.4 Å². The van der Waals surface area contributed by atoms with Crippen molar-refractivity contribution in [3.8, 4) is 17.2 Å². The highest BCUT2D eigenvalue weighted by atomic mass is 16.5. The number of hydrogen-bond donors (Lipinski definition) is 2. The Morgan fingerprint density at radius 3 is 2.34 bits per heavy atom. The molecule has 32 heavy (non-hydrogen) atoms. The first kappa shape index (κ1) is 22.9. The second-order valence-electron chi connectivity index (χ2n) is 7.29. The number of amides is 3. The zero-order valence-corrected chi connectivity index (χ0v) is 18.6. The normalized spacial score (nSPS) is 15.3. The van der Waals surface area contributed by atoms with Gasteiger partial charge in [-0.15, -0.1) is 0 Å². The highest BCUT2D eigenvalue weighted by Crippen LogP contribution is 2.42. The minimum absolute atomic E-state index is 0.0980. The number of rotatable bonds is 8. The fourth-order valence-electron chi connectivity index (χ4n) is 3.66. The molecule has 1 atom stereocenters. The monoisotopic (exact) mass is 441 g/mol. The molecule has 1 heterocycles. The summed E-state index contributed by atoms with van der Waals surface area (Å²) in [6, 6.07) is 10.4. The van der Waals surface area contributed by atoms with E-state index in [2.05, 4.69) is 10.6 Å². The number of benzene rings is 2. The van der Waals surface area contributed by atoms with Gasteiger partial charge in [-0.05, 0) is 17.7 Å². The predicted octanol–water partition coefficient (Wildman–Crippen LogP) is 1.74. The Bertz CT molecular complexity index is 998. The molecule has 1 aliphatic heterocycles. The Morgan fingerprint density at radius 1 is 1.06 bits per heavy atom. The highest BCUT2D eigenvalue weighted by Gasteiger charge is 2.36. The van der Waals surface area contributed by atoms with Crippen LogP contribution in [0.2, 0.25) is 0 Å². The molecular formula is C23H27N3O6. The van der Waals surface area contributed by atoms with Crippen LogP contribution < -0.4 is 29.7 Å². The lowest BCUT2D eigenvalue weighted by molar-refractivity contribution is -0.126. The molecule has 2 aromatic rings. The number of anilines is 1. The molecule has 0 bridgehead atoms. The van der Waals surface area contributed by atoms with Crippen molar-refractivity contribution in [2.45, 2.75) is 13.0 Å². The Labute approximate surface area is 186 Å². The summed E-state index contributed by atoms with van der Waals surface area (Å²) in [4.78, 5) is 38.7. The minimum atomic E-state index is -0.497. The van der Waals surface area contributed by atoms with Gasteiger partial charge in [0.15, 0.2) is 11.5 Å². The van der Waals surface area contributed by atoms with Crippen molar-refractivity contribution < 1.29 is 28.6 Å². The highest BCUT2D eigenvalue weighted by molar-refractivity contribution is 6.00. The average Bonchev–Trinajstić information content (AvgIpc) is 3.22. The van der Waals surface area contributed by atoms with Crippen molar-refractivity contribution in [3.63, 3.8) is 0 Å². The van der Waals surface area contributed by atoms with Crippen molar-refractivity contribution in [1.82, 2.24) is 10.6 Å². The lowest BCUT2D eigenvalue weighted by Gasteiger charge is -2.20. The van der Waals surface area contributed by atoms with E-state index in [1.54, 1.807) is 42.3 Å². The van der Waals surface area contributed by atoms with Crippen LogP contribution in [0.25, 0.3) is 0 Å². The van der Waals surface area contributed by atoms with Gasteiger partial charge in [0.25, 0.3) is 5.91 Å². The van der Waals surface area contributed by atoms with Gasteiger partial charge in [-0.1, -0.05) is 12.1 Å². The van der Waals surface area contributed by atoms with Crippen molar-refractivity contribution in [2.75, 3.05) is 39.8 Å². The van der Waals surface area contributed by atoms with Gasteiger partial charge in [-0.25, -0.2) is 0 Å². The van der Waals surface area contributed by atoms with E-state index in [1.807, 2.05) is 6.07 Å². The molecule has 0 aromatic heterocycles. The molecule has 170 valence electrons. The third kappa shape index (κ3) is 4.77. The van der Waals surface area contributed by atoms with Gasteiger partial charge >= 0.3 is 0 Å². The largest absolute Gasteiger partial charge is 0.493 e. The molecule has 0 saturated carbocycles. The van der Waals surface area contributed by atoms with Gasteiger partial charge in [0, 0.05) is 44.3 Å². The van der Waals surface area contributed by atoms with Gasteiger partial charge in [0.05, 0.1) is 32.9 Å². The first-order chi connectivity index (χ1) is 15.4. The molecule has 9 nitrogen and oxygen atoms in total. The first-order valence-corrected chi connectivity index (χ1v) is 10.1. The van der Waals surface area contributed by atoms with Gasteiger partial charge in [-0.3, -0.25) is 14.4 Å². The molecule has 3 amide bonds. The standard InChI is InChI=1S/C23H27N3O6/c1-24-22(28)15-7-5-6-14(8-15)12-25-23(29)16-9-20(27)26(13-16)17-10-18(30-2)21(32-4)19(11-17)31-3/h5-8,10-11,16H,9,12-13H2,1-4H3,(H,24,28)(H,25,29). The second-order valence-corrected chi connectivity index (χ2v) is 7.29. The number of methoxy groups -OCH3 is 3. The summed E-state index contributed by atoms with van der Waals surface area (Å²) in [5.74, 6) is 0.208. The van der Waals surface area contributed by atoms with Crippen molar-refractivity contribution in [3.05, 3.63) is 47.5 Å². The Morgan fingerprint density at radius 2 is 1.75 bits per heavy atom. The maximum atomic E-state index is 12.7. The summed E-state index contributed by atoms with van der Waals surface area (Å²) < 4.78 is 16.0. The fourth-order valence-corrected chi connectivity index (χ4v) is 3.66. The smallest absolute Gasteiger partial charge is 0.251 e. The SMILES string of the molecule is CNC(=O)c1cccc(CNC(=O)C2CC(=O)N(c3cc(OC)c(OC)c(OC)c3)C2)c1. The van der Waals surface area contributed by atoms with Crippen molar-refractivity contribution in [1.29, 1.82) is 0 Å². The van der Waals surface area contributed by atoms with Crippen LogP contribution >= 0.6 is 0 Å². The van der Waals surface area contributed by atoms with Crippen LogP contribution in [0, 0.1) is 5.92 Å². The molecule has 0 aliphatic carbocycles. The number of hydrogen-bond acceptors (Lipinski definition) is 6. The van der Waals surface area contributed by atoms with Crippen molar-refractivity contribution in [2.24, 2.45) is 5.92 Å². The van der Waals surface area contributed by atoms with E-state index in [9.17, 15) is 14.4 Å². The van der Waals surface area contributed by atoms with E-state index in [0.717, 1.165) is 5.56 Å². The number of carbonyl (C=O) groups excluding carboxylic acids is 3. The summed E-state index contributed by atoms with van der Waals surface area (Å²) in [6.07, 6.45) is 0.0980. The zero-order chi connectivity index (χ0) is 23.3. The van der Waals surface area contributed by atoms with Crippen LogP contribution in [0.4, 0.5) is 5.69 Å². The van der Waals surface area contributed by atoms with Gasteiger partial charge in [0.1, 0.15) is 0 Å². The minimum Gasteiger partial charge on any atom is -0.493 e. The van der Waals surface area contributed by atoms with Crippen molar-refractivity contribution >= 4 is 23.4 Å². The maximum absolute atomic E-state index is 12.7. The molecule has 0 radical (unpaired) electrons. The average molecular weight is 441 g/mol. The Hall–Kier alpha value is -3.75. The quantitative estimate of drug-likeness (QED) is 0.647. The van der Waals surface area contributed by atoms with Crippen LogP contribution in [-0.4, -0.2) is 52.6 Å². The number of carbonyl (C=O) groups is 3. The summed E-state index contributed by atoms with van der Waals surface area (Å²) in [5.41, 5.74) is 1.88. The molecule has 1 aliphatic rings. The fraction of sp³-hybridized carbons (Fsp3) is 0.348. The van der Waals surface area contributed by atoms with E-state index >= 15 is 0 Å². The van der Waals surface area contributed by atoms with Gasteiger partial charge < -0.3 is 29.7 Å². The Kier molecular flexibility index (Phi) is 7.19. The molecule has 9 heteroatoms. The summed E-state index contributed by atoms with van der Waals surface area (Å²) in [6.45, 7) is 0.500. The number of nitrogens with one attached hydrogen (secondary N) is 2. The van der Waals surface area contributed by atoms with Gasteiger partial charge in [-0.2, -0.15) is 0 Å². The second kappa shape index (κ2) is 10.0. The summed E-state index contributed by atoms with van der Waals surface area (Å²) in [5, 5.41) is 5.43. The van der Waals surface area contributed by atoms with Crippen LogP contribution in [0.3, 0.4) is 0 Å². The Balaban J connectivity index is 1.69. The molecule has 2 aromatic carbocycles. The van der Waals surface area contributed by atoms with E-state index in [4.69, 9.17) is 14.2 Å². The molecule has 1 fully saturated rings. The third-order valence-corrected chi connectivity index (χ3v) is 5.34. The molecule has 2 N–H and O–H groups in total. The van der Waals surface area contributed by atoms with E-state index < -0.39 is 5.92 Å². The lowest BCUT2D eigenvalue weighted by Crippen LogP contribution is -2.32. The molecule has 1 unspecified atom stereocenters. The predicted molar refractivity (Wildman–Crippen MR) is 118 cm³/mol. The van der Waals surface area contributed by atoms with Crippen LogP contribution in [0.5, 0.6) is 17.2 Å². The summed E-state index contributed by atoms with van der Waals surface area (Å²) in [7, 11) is 6.07. The molecule has 3 rings (SSSR count). The number of ether oxygens (including phenoxy) is 3. The van der Waals surface area contributed by atoms with E-state index in [0.29, 0.717) is 28.5 Å². The molecular weight excluding hydrogens is 414 g/mol. The van der Waals surface area contributed by atoms with Crippen LogP contribution in [-0.2, 0) is 16.1 Å². The third-order valence-electron chi connectivity index (χ3n) is 5.34. The van der Waals surface area contributed by atoms with Crippen LogP contribution in [0.1, 0.15) is 22.3 Å². The van der Waals surface area contributed by atoms with Gasteiger partial charge in [0.2, 0.25) is 17.6 Å².